The Morgan fingerprint density at radius 3 is 2.81 bits per heavy atom. The summed E-state index contributed by atoms with van der Waals surface area (Å²) in [6, 6.07) is 12.6. The number of amides is 1. The summed E-state index contributed by atoms with van der Waals surface area (Å²) in [6.45, 7) is 7.92. The van der Waals surface area contributed by atoms with E-state index in [1.165, 1.54) is 11.1 Å². The van der Waals surface area contributed by atoms with Gasteiger partial charge in [-0.3, -0.25) is 14.7 Å². The van der Waals surface area contributed by atoms with Crippen molar-refractivity contribution in [2.75, 3.05) is 53.0 Å². The van der Waals surface area contributed by atoms with E-state index in [4.69, 9.17) is 14.5 Å². The van der Waals surface area contributed by atoms with Crippen molar-refractivity contribution in [1.29, 1.82) is 0 Å². The molecule has 2 aromatic rings. The maximum Gasteiger partial charge on any atom is 0.223 e. The maximum atomic E-state index is 12.9. The normalized spacial score (nSPS) is 19.7. The Hall–Kier alpha value is -2.44. The van der Waals surface area contributed by atoms with Crippen molar-refractivity contribution in [3.05, 3.63) is 58.9 Å². The number of nitrogens with zero attached hydrogens (tertiary/aromatic N) is 3. The molecular weight excluding hydrogens is 402 g/mol. The van der Waals surface area contributed by atoms with E-state index >= 15 is 0 Å². The molecule has 2 saturated heterocycles. The molecule has 0 radical (unpaired) electrons. The number of pyridine rings is 1. The lowest BCUT2D eigenvalue weighted by Crippen LogP contribution is -2.42. The van der Waals surface area contributed by atoms with E-state index in [1.54, 1.807) is 7.11 Å². The zero-order chi connectivity index (χ0) is 22.3. The van der Waals surface area contributed by atoms with E-state index in [0.29, 0.717) is 12.3 Å². The topological polar surface area (TPSA) is 54.9 Å². The number of hydrogen-bond acceptors (Lipinski definition) is 5. The van der Waals surface area contributed by atoms with Gasteiger partial charge in [0.15, 0.2) is 0 Å². The average molecular weight is 438 g/mol. The van der Waals surface area contributed by atoms with Crippen molar-refractivity contribution in [3.8, 4) is 5.75 Å². The molecule has 6 heteroatoms. The highest BCUT2D eigenvalue weighted by Crippen LogP contribution is 2.28. The lowest BCUT2D eigenvalue weighted by Gasteiger charge is -2.34. The van der Waals surface area contributed by atoms with Gasteiger partial charge in [-0.2, -0.15) is 0 Å². The number of piperidine rings is 1. The van der Waals surface area contributed by atoms with Crippen LogP contribution in [0.25, 0.3) is 0 Å². The first-order valence-electron chi connectivity index (χ1n) is 11.8. The number of benzene rings is 1. The van der Waals surface area contributed by atoms with Crippen LogP contribution in [0.4, 0.5) is 0 Å². The van der Waals surface area contributed by atoms with Crippen LogP contribution in [0.1, 0.15) is 47.7 Å². The molecular formula is C26H35N3O3. The van der Waals surface area contributed by atoms with Gasteiger partial charge in [0.1, 0.15) is 5.75 Å². The Labute approximate surface area is 191 Å². The number of morpholine rings is 1. The SMILES string of the molecule is COc1ccccc1Cc1cc(C)nc([C@@H]2CCCN(C(=O)CCN3CCOCC3)C2)c1. The summed E-state index contributed by atoms with van der Waals surface area (Å²) in [5.74, 6) is 1.48. The zero-order valence-corrected chi connectivity index (χ0v) is 19.4. The standard InChI is InChI=1S/C26H35N3O3/c1-20-16-21(17-22-6-3-4-8-25(22)31-2)18-24(27-20)23-7-5-10-29(19-23)26(30)9-11-28-12-14-32-15-13-28/h3-4,6,8,16,18,23H,5,7,9-15,17,19H2,1-2H3/t23-/m1/s1. The first-order chi connectivity index (χ1) is 15.6. The smallest absolute Gasteiger partial charge is 0.223 e. The van der Waals surface area contributed by atoms with Crippen LogP contribution in [0.5, 0.6) is 5.75 Å². The summed E-state index contributed by atoms with van der Waals surface area (Å²) in [6.07, 6.45) is 3.52. The van der Waals surface area contributed by atoms with E-state index < -0.39 is 0 Å². The molecule has 3 heterocycles. The highest BCUT2D eigenvalue weighted by atomic mass is 16.5. The average Bonchev–Trinajstić information content (AvgIpc) is 2.83. The largest absolute Gasteiger partial charge is 0.496 e. The number of methoxy groups -OCH3 is 1. The molecule has 0 saturated carbocycles. The number of carbonyl (C=O) groups is 1. The van der Waals surface area contributed by atoms with Crippen LogP contribution in [0, 0.1) is 6.92 Å². The van der Waals surface area contributed by atoms with Crippen LogP contribution >= 0.6 is 0 Å². The molecule has 2 aliphatic heterocycles. The minimum atomic E-state index is 0.267. The highest BCUT2D eigenvalue weighted by Gasteiger charge is 2.26. The first kappa shape index (κ1) is 22.7. The summed E-state index contributed by atoms with van der Waals surface area (Å²) in [7, 11) is 1.72. The van der Waals surface area contributed by atoms with Crippen LogP contribution in [0.3, 0.4) is 0 Å². The van der Waals surface area contributed by atoms with E-state index in [-0.39, 0.29) is 5.91 Å². The Morgan fingerprint density at radius 1 is 1.19 bits per heavy atom. The quantitative estimate of drug-likeness (QED) is 0.664. The fourth-order valence-electron chi connectivity index (χ4n) is 4.83. The maximum absolute atomic E-state index is 12.9. The van der Waals surface area contributed by atoms with Crippen LogP contribution < -0.4 is 4.74 Å². The van der Waals surface area contributed by atoms with Crippen molar-refractivity contribution in [2.24, 2.45) is 0 Å². The van der Waals surface area contributed by atoms with Crippen molar-refractivity contribution in [1.82, 2.24) is 14.8 Å². The third-order valence-corrected chi connectivity index (χ3v) is 6.56. The van der Waals surface area contributed by atoms with Crippen LogP contribution in [0.15, 0.2) is 36.4 Å². The number of rotatable bonds is 7. The molecule has 0 unspecified atom stereocenters. The number of aromatic nitrogens is 1. The molecule has 32 heavy (non-hydrogen) atoms. The summed E-state index contributed by atoms with van der Waals surface area (Å²) in [5, 5.41) is 0. The minimum Gasteiger partial charge on any atom is -0.496 e. The third kappa shape index (κ3) is 5.87. The van der Waals surface area contributed by atoms with Gasteiger partial charge in [0.05, 0.1) is 20.3 Å². The molecule has 0 N–H and O–H groups in total. The molecule has 6 nitrogen and oxygen atoms in total. The zero-order valence-electron chi connectivity index (χ0n) is 19.4. The molecule has 0 aliphatic carbocycles. The van der Waals surface area contributed by atoms with Crippen molar-refractivity contribution >= 4 is 5.91 Å². The van der Waals surface area contributed by atoms with Gasteiger partial charge in [-0.15, -0.1) is 0 Å². The van der Waals surface area contributed by atoms with Gasteiger partial charge in [0.25, 0.3) is 0 Å². The summed E-state index contributed by atoms with van der Waals surface area (Å²) in [4.78, 5) is 22.1. The predicted molar refractivity (Wildman–Crippen MR) is 125 cm³/mol. The number of hydrogen-bond donors (Lipinski definition) is 0. The fourth-order valence-corrected chi connectivity index (χ4v) is 4.83. The molecule has 4 rings (SSSR count). The van der Waals surface area contributed by atoms with Gasteiger partial charge in [-0.05, 0) is 49.1 Å². The lowest BCUT2D eigenvalue weighted by atomic mass is 9.92. The molecule has 0 spiro atoms. The van der Waals surface area contributed by atoms with Gasteiger partial charge in [-0.1, -0.05) is 18.2 Å². The van der Waals surface area contributed by atoms with Crippen LogP contribution in [-0.4, -0.2) is 73.7 Å². The first-order valence-corrected chi connectivity index (χ1v) is 11.8. The second-order valence-corrected chi connectivity index (χ2v) is 8.91. The van der Waals surface area contributed by atoms with Gasteiger partial charge in [0, 0.05) is 62.9 Å². The van der Waals surface area contributed by atoms with E-state index in [2.05, 4.69) is 34.9 Å². The highest BCUT2D eigenvalue weighted by molar-refractivity contribution is 5.76. The van der Waals surface area contributed by atoms with E-state index in [0.717, 1.165) is 82.3 Å². The minimum absolute atomic E-state index is 0.267. The second kappa shape index (κ2) is 10.9. The van der Waals surface area contributed by atoms with Crippen molar-refractivity contribution in [3.63, 3.8) is 0 Å². The fraction of sp³-hybridized carbons (Fsp3) is 0.538. The number of para-hydroxylation sites is 1. The number of carbonyl (C=O) groups excluding carboxylic acids is 1. The second-order valence-electron chi connectivity index (χ2n) is 8.91. The van der Waals surface area contributed by atoms with Gasteiger partial charge in [-0.25, -0.2) is 0 Å². The monoisotopic (exact) mass is 437 g/mol. The van der Waals surface area contributed by atoms with Gasteiger partial charge >= 0.3 is 0 Å². The molecule has 1 atom stereocenters. The predicted octanol–water partition coefficient (Wildman–Crippen LogP) is 3.42. The number of aryl methyl sites for hydroxylation is 1. The van der Waals surface area contributed by atoms with E-state index in [1.807, 2.05) is 18.2 Å². The lowest BCUT2D eigenvalue weighted by molar-refractivity contribution is -0.133. The summed E-state index contributed by atoms with van der Waals surface area (Å²) < 4.78 is 10.9. The summed E-state index contributed by atoms with van der Waals surface area (Å²) >= 11 is 0. The van der Waals surface area contributed by atoms with E-state index in [9.17, 15) is 4.79 Å². The molecule has 0 bridgehead atoms. The number of likely N-dealkylation sites (tertiary alicyclic amines) is 1. The van der Waals surface area contributed by atoms with Gasteiger partial charge < -0.3 is 14.4 Å². The third-order valence-electron chi connectivity index (χ3n) is 6.56. The Kier molecular flexibility index (Phi) is 7.76. The van der Waals surface area contributed by atoms with Crippen LogP contribution in [0.2, 0.25) is 0 Å². The van der Waals surface area contributed by atoms with Crippen molar-refractivity contribution < 1.29 is 14.3 Å². The van der Waals surface area contributed by atoms with Gasteiger partial charge in [0.2, 0.25) is 5.91 Å². The molecule has 172 valence electrons. The summed E-state index contributed by atoms with van der Waals surface area (Å²) in [5.41, 5.74) is 4.56. The number of ether oxygens (including phenoxy) is 2. The molecule has 2 fully saturated rings. The van der Waals surface area contributed by atoms with Crippen LogP contribution in [-0.2, 0) is 16.0 Å². The molecule has 1 amide bonds. The Morgan fingerprint density at radius 2 is 2.00 bits per heavy atom. The molecule has 1 aromatic heterocycles. The molecule has 2 aliphatic rings. The Balaban J connectivity index is 1.40. The Bertz CT molecular complexity index is 911. The molecule has 1 aromatic carbocycles. The van der Waals surface area contributed by atoms with Crippen molar-refractivity contribution in [2.45, 2.75) is 38.5 Å².